The summed E-state index contributed by atoms with van der Waals surface area (Å²) in [4.78, 5) is 7.31. The molecule has 112 valence electrons. The molecule has 1 heterocycles. The van der Waals surface area contributed by atoms with Gasteiger partial charge in [-0.15, -0.1) is 0 Å². The van der Waals surface area contributed by atoms with E-state index >= 15 is 0 Å². The van der Waals surface area contributed by atoms with Gasteiger partial charge in [0.25, 0.3) is 0 Å². The van der Waals surface area contributed by atoms with Gasteiger partial charge in [0, 0.05) is 45.8 Å². The molecule has 1 aliphatic rings. The van der Waals surface area contributed by atoms with Crippen LogP contribution in [0.2, 0.25) is 0 Å². The molecule has 1 fully saturated rings. The van der Waals surface area contributed by atoms with E-state index in [1.165, 1.54) is 25.2 Å². The van der Waals surface area contributed by atoms with Crippen LogP contribution in [0, 0.1) is 0 Å². The van der Waals surface area contributed by atoms with Gasteiger partial charge in [-0.3, -0.25) is 9.80 Å². The molecule has 20 heavy (non-hydrogen) atoms. The second-order valence-electron chi connectivity index (χ2n) is 5.90. The van der Waals surface area contributed by atoms with Crippen molar-refractivity contribution in [2.75, 3.05) is 53.4 Å². The van der Waals surface area contributed by atoms with Crippen LogP contribution in [0.1, 0.15) is 11.1 Å². The second-order valence-corrected chi connectivity index (χ2v) is 5.90. The number of aliphatic hydroxyl groups is 1. The van der Waals surface area contributed by atoms with Gasteiger partial charge in [0.05, 0.1) is 6.61 Å². The van der Waals surface area contributed by atoms with Crippen molar-refractivity contribution in [3.8, 4) is 0 Å². The van der Waals surface area contributed by atoms with Gasteiger partial charge in [-0.05, 0) is 25.2 Å². The molecule has 4 heteroatoms. The fraction of sp³-hybridized carbons (Fsp3) is 0.625. The average molecular weight is 277 g/mol. The molecule has 0 aromatic heterocycles. The van der Waals surface area contributed by atoms with Crippen molar-refractivity contribution in [2.45, 2.75) is 13.2 Å². The SMILES string of the molecule is CN(C)CCN1CCN(Cc2ccc(CO)cc2)CC1. The van der Waals surface area contributed by atoms with E-state index in [0.29, 0.717) is 0 Å². The number of likely N-dealkylation sites (N-methyl/N-ethyl adjacent to an activating group) is 1. The summed E-state index contributed by atoms with van der Waals surface area (Å²) in [7, 11) is 4.26. The lowest BCUT2D eigenvalue weighted by atomic mass is 10.1. The maximum atomic E-state index is 9.05. The Bertz CT molecular complexity index is 383. The molecule has 1 aromatic rings. The number of benzene rings is 1. The van der Waals surface area contributed by atoms with E-state index in [9.17, 15) is 0 Å². The van der Waals surface area contributed by atoms with E-state index in [1.807, 2.05) is 12.1 Å². The Kier molecular flexibility index (Phi) is 5.98. The molecule has 1 saturated heterocycles. The summed E-state index contributed by atoms with van der Waals surface area (Å²) in [5.74, 6) is 0. The van der Waals surface area contributed by atoms with E-state index in [4.69, 9.17) is 5.11 Å². The molecule has 0 amide bonds. The van der Waals surface area contributed by atoms with Crippen molar-refractivity contribution in [1.82, 2.24) is 14.7 Å². The van der Waals surface area contributed by atoms with Gasteiger partial charge in [-0.25, -0.2) is 0 Å². The second kappa shape index (κ2) is 7.74. The number of nitrogens with zero attached hydrogens (tertiary/aromatic N) is 3. The average Bonchev–Trinajstić information content (AvgIpc) is 2.47. The van der Waals surface area contributed by atoms with E-state index < -0.39 is 0 Å². The maximum Gasteiger partial charge on any atom is 0.0681 e. The summed E-state index contributed by atoms with van der Waals surface area (Å²) >= 11 is 0. The molecule has 1 N–H and O–H groups in total. The quantitative estimate of drug-likeness (QED) is 0.835. The lowest BCUT2D eigenvalue weighted by molar-refractivity contribution is 0.120. The zero-order chi connectivity index (χ0) is 14.4. The van der Waals surface area contributed by atoms with Crippen LogP contribution in [0.4, 0.5) is 0 Å². The highest BCUT2D eigenvalue weighted by molar-refractivity contribution is 5.21. The summed E-state index contributed by atoms with van der Waals surface area (Å²) < 4.78 is 0. The third-order valence-electron chi connectivity index (χ3n) is 3.94. The number of piperazine rings is 1. The zero-order valence-electron chi connectivity index (χ0n) is 12.8. The zero-order valence-corrected chi connectivity index (χ0v) is 12.8. The van der Waals surface area contributed by atoms with Gasteiger partial charge in [0.15, 0.2) is 0 Å². The third-order valence-corrected chi connectivity index (χ3v) is 3.94. The molecular formula is C16H27N3O. The minimum atomic E-state index is 0.130. The standard InChI is InChI=1S/C16H27N3O/c1-17(2)7-8-18-9-11-19(12-10-18)13-15-3-5-16(14-20)6-4-15/h3-6,20H,7-14H2,1-2H3. The first-order valence-electron chi connectivity index (χ1n) is 7.45. The molecule has 1 aliphatic heterocycles. The third kappa shape index (κ3) is 4.87. The van der Waals surface area contributed by atoms with Crippen molar-refractivity contribution < 1.29 is 5.11 Å². The lowest BCUT2D eigenvalue weighted by Crippen LogP contribution is -2.47. The molecule has 0 atom stereocenters. The number of rotatable bonds is 6. The largest absolute Gasteiger partial charge is 0.392 e. The molecule has 0 saturated carbocycles. The van der Waals surface area contributed by atoms with Crippen molar-refractivity contribution >= 4 is 0 Å². The molecule has 0 radical (unpaired) electrons. The van der Waals surface area contributed by atoms with Crippen LogP contribution < -0.4 is 0 Å². The first-order chi connectivity index (χ1) is 9.67. The fourth-order valence-electron chi connectivity index (χ4n) is 2.52. The van der Waals surface area contributed by atoms with Crippen LogP contribution in [0.3, 0.4) is 0 Å². The van der Waals surface area contributed by atoms with Gasteiger partial charge in [-0.2, -0.15) is 0 Å². The normalized spacial score (nSPS) is 17.8. The Morgan fingerprint density at radius 1 is 0.950 bits per heavy atom. The van der Waals surface area contributed by atoms with Crippen LogP contribution in [0.5, 0.6) is 0 Å². The first-order valence-corrected chi connectivity index (χ1v) is 7.45. The number of aliphatic hydroxyl groups excluding tert-OH is 1. The Morgan fingerprint density at radius 2 is 1.50 bits per heavy atom. The minimum absolute atomic E-state index is 0.130. The van der Waals surface area contributed by atoms with E-state index in [0.717, 1.165) is 31.7 Å². The van der Waals surface area contributed by atoms with Crippen LogP contribution >= 0.6 is 0 Å². The molecule has 0 aliphatic carbocycles. The maximum absolute atomic E-state index is 9.05. The van der Waals surface area contributed by atoms with E-state index in [-0.39, 0.29) is 6.61 Å². The summed E-state index contributed by atoms with van der Waals surface area (Å²) in [6.07, 6.45) is 0. The predicted octanol–water partition coefficient (Wildman–Crippen LogP) is 0.858. The summed E-state index contributed by atoms with van der Waals surface area (Å²) in [5.41, 5.74) is 2.33. The summed E-state index contributed by atoms with van der Waals surface area (Å²) in [5, 5.41) is 9.05. The van der Waals surface area contributed by atoms with Crippen LogP contribution in [0.25, 0.3) is 0 Å². The first kappa shape index (κ1) is 15.4. The van der Waals surface area contributed by atoms with Crippen LogP contribution in [-0.2, 0) is 13.2 Å². The van der Waals surface area contributed by atoms with Gasteiger partial charge in [-0.1, -0.05) is 24.3 Å². The molecule has 0 spiro atoms. The van der Waals surface area contributed by atoms with E-state index in [2.05, 4.69) is 40.9 Å². The van der Waals surface area contributed by atoms with Gasteiger partial charge >= 0.3 is 0 Å². The summed E-state index contributed by atoms with van der Waals surface area (Å²) in [6, 6.07) is 8.29. The Morgan fingerprint density at radius 3 is 2.05 bits per heavy atom. The van der Waals surface area contributed by atoms with Crippen molar-refractivity contribution in [3.63, 3.8) is 0 Å². The van der Waals surface area contributed by atoms with E-state index in [1.54, 1.807) is 0 Å². The highest BCUT2D eigenvalue weighted by Crippen LogP contribution is 2.10. The Labute approximate surface area is 122 Å². The minimum Gasteiger partial charge on any atom is -0.392 e. The highest BCUT2D eigenvalue weighted by Gasteiger charge is 2.16. The van der Waals surface area contributed by atoms with Crippen LogP contribution in [-0.4, -0.2) is 73.2 Å². The van der Waals surface area contributed by atoms with Gasteiger partial charge < -0.3 is 10.0 Å². The fourth-order valence-corrected chi connectivity index (χ4v) is 2.52. The molecule has 4 nitrogen and oxygen atoms in total. The number of hydrogen-bond donors (Lipinski definition) is 1. The smallest absolute Gasteiger partial charge is 0.0681 e. The summed E-state index contributed by atoms with van der Waals surface area (Å²) in [6.45, 7) is 8.10. The Balaban J connectivity index is 1.73. The molecule has 1 aromatic carbocycles. The lowest BCUT2D eigenvalue weighted by Gasteiger charge is -2.35. The molecule has 0 bridgehead atoms. The van der Waals surface area contributed by atoms with Crippen molar-refractivity contribution in [2.24, 2.45) is 0 Å². The molecular weight excluding hydrogens is 250 g/mol. The van der Waals surface area contributed by atoms with Crippen molar-refractivity contribution in [3.05, 3.63) is 35.4 Å². The monoisotopic (exact) mass is 277 g/mol. The highest BCUT2D eigenvalue weighted by atomic mass is 16.3. The topological polar surface area (TPSA) is 30.0 Å². The molecule has 2 rings (SSSR count). The molecule has 0 unspecified atom stereocenters. The van der Waals surface area contributed by atoms with Gasteiger partial charge in [0.1, 0.15) is 0 Å². The number of hydrogen-bond acceptors (Lipinski definition) is 4. The van der Waals surface area contributed by atoms with Crippen molar-refractivity contribution in [1.29, 1.82) is 0 Å². The Hall–Kier alpha value is -0.940. The predicted molar refractivity (Wildman–Crippen MR) is 82.6 cm³/mol. The van der Waals surface area contributed by atoms with Crippen LogP contribution in [0.15, 0.2) is 24.3 Å². The van der Waals surface area contributed by atoms with Gasteiger partial charge in [0.2, 0.25) is 0 Å².